The average molecular weight is 779 g/mol. The SMILES string of the molecule is c1ccc2c(c1)-c1cccc3c1c-2cc1c2ccccc2c(-c2c4ccccc4c(-c4cc5c6cccc7c6c(cc5c5ccccc45)-c4ccccc4-7)c4ccccc24)cc31. The maximum absolute atomic E-state index is 2.52. The van der Waals surface area contributed by atoms with Gasteiger partial charge in [0.05, 0.1) is 0 Å². The van der Waals surface area contributed by atoms with E-state index in [9.17, 15) is 0 Å². The van der Waals surface area contributed by atoms with Gasteiger partial charge in [-0.2, -0.15) is 0 Å². The van der Waals surface area contributed by atoms with Gasteiger partial charge in [0.2, 0.25) is 0 Å². The Balaban J connectivity index is 1.07. The summed E-state index contributed by atoms with van der Waals surface area (Å²) in [5.74, 6) is 0. The fourth-order valence-electron chi connectivity index (χ4n) is 12.0. The van der Waals surface area contributed by atoms with Crippen molar-refractivity contribution in [1.29, 1.82) is 0 Å². The first-order chi connectivity index (χ1) is 30.8. The molecule has 0 saturated heterocycles. The van der Waals surface area contributed by atoms with E-state index in [2.05, 4.69) is 206 Å². The summed E-state index contributed by atoms with van der Waals surface area (Å²) in [6.07, 6.45) is 0. The molecular weight excluding hydrogens is 745 g/mol. The molecule has 0 nitrogen and oxygen atoms in total. The van der Waals surface area contributed by atoms with E-state index in [0.717, 1.165) is 0 Å². The molecule has 0 spiro atoms. The lowest BCUT2D eigenvalue weighted by Gasteiger charge is -2.21. The van der Waals surface area contributed by atoms with E-state index in [1.807, 2.05) is 0 Å². The van der Waals surface area contributed by atoms with E-state index >= 15 is 0 Å². The molecule has 2 aliphatic rings. The van der Waals surface area contributed by atoms with Gasteiger partial charge in [-0.05, 0) is 177 Å². The Labute approximate surface area is 357 Å². The van der Waals surface area contributed by atoms with Crippen molar-refractivity contribution in [3.63, 3.8) is 0 Å². The van der Waals surface area contributed by atoms with Gasteiger partial charge in [-0.3, -0.25) is 0 Å². The van der Waals surface area contributed by atoms with Crippen LogP contribution in [0.15, 0.2) is 206 Å². The van der Waals surface area contributed by atoms with E-state index in [4.69, 9.17) is 0 Å². The van der Waals surface area contributed by atoms with Crippen molar-refractivity contribution >= 4 is 86.2 Å². The molecule has 0 amide bonds. The molecule has 0 saturated carbocycles. The van der Waals surface area contributed by atoms with Crippen LogP contribution in [0.4, 0.5) is 0 Å². The lowest BCUT2D eigenvalue weighted by molar-refractivity contribution is 1.70. The molecule has 0 N–H and O–H groups in total. The van der Waals surface area contributed by atoms with Crippen molar-refractivity contribution in [2.45, 2.75) is 0 Å². The van der Waals surface area contributed by atoms with Crippen molar-refractivity contribution in [3.8, 4) is 66.8 Å². The lowest BCUT2D eigenvalue weighted by Crippen LogP contribution is -1.94. The predicted octanol–water partition coefficient (Wildman–Crippen LogP) is 17.5. The second-order valence-corrected chi connectivity index (χ2v) is 17.4. The molecule has 62 heavy (non-hydrogen) atoms. The smallest absolute Gasteiger partial charge is 0.00199 e. The molecular formula is C62H34. The highest BCUT2D eigenvalue weighted by Crippen LogP contribution is 2.55. The van der Waals surface area contributed by atoms with Crippen LogP contribution >= 0.6 is 0 Å². The lowest BCUT2D eigenvalue weighted by atomic mass is 9.81. The summed E-state index contributed by atoms with van der Waals surface area (Å²) < 4.78 is 0. The summed E-state index contributed by atoms with van der Waals surface area (Å²) in [7, 11) is 0. The first-order valence-corrected chi connectivity index (χ1v) is 21.8. The molecule has 0 atom stereocenters. The van der Waals surface area contributed by atoms with E-state index in [1.165, 1.54) is 153 Å². The number of hydrogen-bond donors (Lipinski definition) is 0. The van der Waals surface area contributed by atoms with Crippen molar-refractivity contribution in [2.75, 3.05) is 0 Å². The van der Waals surface area contributed by atoms with E-state index in [0.29, 0.717) is 0 Å². The Bertz CT molecular complexity index is 3870. The zero-order valence-electron chi connectivity index (χ0n) is 33.6. The fourth-order valence-corrected chi connectivity index (χ4v) is 12.0. The van der Waals surface area contributed by atoms with Crippen LogP contribution in [-0.2, 0) is 0 Å². The average Bonchev–Trinajstić information content (AvgIpc) is 3.84. The molecule has 0 fully saturated rings. The summed E-state index contributed by atoms with van der Waals surface area (Å²) in [4.78, 5) is 0. The first kappa shape index (κ1) is 32.8. The topological polar surface area (TPSA) is 0 Å². The molecule has 0 heterocycles. The zero-order chi connectivity index (χ0) is 40.2. The normalized spacial score (nSPS) is 12.5. The van der Waals surface area contributed by atoms with Gasteiger partial charge in [-0.1, -0.05) is 182 Å². The molecule has 0 aromatic heterocycles. The minimum absolute atomic E-state index is 1.27. The van der Waals surface area contributed by atoms with Crippen LogP contribution in [0.1, 0.15) is 0 Å². The van der Waals surface area contributed by atoms with Gasteiger partial charge in [0.15, 0.2) is 0 Å². The van der Waals surface area contributed by atoms with Crippen molar-refractivity contribution < 1.29 is 0 Å². The summed E-state index contributed by atoms with van der Waals surface area (Å²) in [6.45, 7) is 0. The fraction of sp³-hybridized carbons (Fsp3) is 0. The summed E-state index contributed by atoms with van der Waals surface area (Å²) in [5, 5.41) is 20.8. The van der Waals surface area contributed by atoms with Crippen LogP contribution < -0.4 is 0 Å². The predicted molar refractivity (Wildman–Crippen MR) is 266 cm³/mol. The number of fused-ring (bicyclic) bond motifs is 16. The molecule has 13 aromatic carbocycles. The minimum Gasteiger partial charge on any atom is -0.0616 e. The summed E-state index contributed by atoms with van der Waals surface area (Å²) in [6, 6.07) is 78.1. The first-order valence-electron chi connectivity index (χ1n) is 21.8. The molecule has 0 heteroatoms. The third-order valence-corrected chi connectivity index (χ3v) is 14.5. The third-order valence-electron chi connectivity index (χ3n) is 14.5. The molecule has 0 aliphatic heterocycles. The Morgan fingerprint density at radius 1 is 0.145 bits per heavy atom. The second kappa shape index (κ2) is 11.8. The number of benzene rings is 13. The number of hydrogen-bond acceptors (Lipinski definition) is 0. The van der Waals surface area contributed by atoms with Gasteiger partial charge < -0.3 is 0 Å². The van der Waals surface area contributed by atoms with Crippen LogP contribution in [0.2, 0.25) is 0 Å². The van der Waals surface area contributed by atoms with Crippen molar-refractivity contribution in [1.82, 2.24) is 0 Å². The summed E-state index contributed by atoms with van der Waals surface area (Å²) in [5.41, 5.74) is 15.8. The van der Waals surface area contributed by atoms with Gasteiger partial charge in [0.25, 0.3) is 0 Å². The monoisotopic (exact) mass is 778 g/mol. The molecule has 13 aromatic rings. The highest BCUT2D eigenvalue weighted by atomic mass is 14.3. The van der Waals surface area contributed by atoms with Crippen LogP contribution in [0.25, 0.3) is 153 Å². The Morgan fingerprint density at radius 2 is 0.403 bits per heavy atom. The maximum atomic E-state index is 2.52. The minimum atomic E-state index is 1.27. The van der Waals surface area contributed by atoms with Crippen LogP contribution in [0.5, 0.6) is 0 Å². The van der Waals surface area contributed by atoms with Crippen molar-refractivity contribution in [2.24, 2.45) is 0 Å². The molecule has 0 unspecified atom stereocenters. The molecule has 2 aliphatic carbocycles. The van der Waals surface area contributed by atoms with Crippen LogP contribution in [-0.4, -0.2) is 0 Å². The Kier molecular flexibility index (Phi) is 6.24. The van der Waals surface area contributed by atoms with E-state index in [-0.39, 0.29) is 0 Å². The third kappa shape index (κ3) is 4.07. The van der Waals surface area contributed by atoms with Gasteiger partial charge in [-0.15, -0.1) is 0 Å². The van der Waals surface area contributed by atoms with Crippen LogP contribution in [0, 0.1) is 0 Å². The number of rotatable bonds is 2. The maximum Gasteiger partial charge on any atom is -0.00199 e. The van der Waals surface area contributed by atoms with Gasteiger partial charge in [0.1, 0.15) is 0 Å². The summed E-state index contributed by atoms with van der Waals surface area (Å²) >= 11 is 0. The Hall–Kier alpha value is -8.06. The van der Waals surface area contributed by atoms with E-state index < -0.39 is 0 Å². The molecule has 15 rings (SSSR count). The van der Waals surface area contributed by atoms with Crippen molar-refractivity contribution in [3.05, 3.63) is 206 Å². The standard InChI is InChI=1S/C62H34/c1-5-19-39-35(15-1)43-27-13-29-49-53-33-57(41-21-7-3-17-37(41)51(53)31-55(39)59(43)49)61-45-23-9-11-25-47(45)62(48-26-12-10-24-46(48)61)58-34-54-50-30-14-28-44-36-16-2-6-20-40(36)56(60(44)50)32-52(54)38-18-4-8-22-42(38)58/h1-34H. The highest BCUT2D eigenvalue weighted by Gasteiger charge is 2.27. The molecule has 0 bridgehead atoms. The Morgan fingerprint density at radius 3 is 0.790 bits per heavy atom. The van der Waals surface area contributed by atoms with Gasteiger partial charge >= 0.3 is 0 Å². The highest BCUT2D eigenvalue weighted by molar-refractivity contribution is 6.34. The van der Waals surface area contributed by atoms with E-state index in [1.54, 1.807) is 0 Å². The van der Waals surface area contributed by atoms with Crippen LogP contribution in [0.3, 0.4) is 0 Å². The quantitative estimate of drug-likeness (QED) is 0.121. The van der Waals surface area contributed by atoms with Gasteiger partial charge in [0, 0.05) is 0 Å². The second-order valence-electron chi connectivity index (χ2n) is 17.4. The molecule has 282 valence electrons. The largest absolute Gasteiger partial charge is 0.0616 e. The van der Waals surface area contributed by atoms with Gasteiger partial charge in [-0.25, -0.2) is 0 Å². The molecule has 0 radical (unpaired) electrons. The zero-order valence-corrected chi connectivity index (χ0v) is 33.6.